The van der Waals surface area contributed by atoms with Crippen molar-refractivity contribution >= 4 is 17.5 Å². The highest BCUT2D eigenvalue weighted by Gasteiger charge is 2.39. The van der Waals surface area contributed by atoms with Crippen LogP contribution in [0.5, 0.6) is 0 Å². The fourth-order valence-corrected chi connectivity index (χ4v) is 3.95. The molecule has 8 nitrogen and oxygen atoms in total. The molecule has 0 saturated carbocycles. The second-order valence-electron chi connectivity index (χ2n) is 8.97. The van der Waals surface area contributed by atoms with Crippen LogP contribution in [-0.4, -0.2) is 56.0 Å². The Labute approximate surface area is 198 Å². The summed E-state index contributed by atoms with van der Waals surface area (Å²) in [5.74, 6) is -1.74. The molecule has 3 heterocycles. The van der Waals surface area contributed by atoms with Crippen LogP contribution >= 0.6 is 0 Å². The monoisotopic (exact) mass is 492 g/mol. The molecule has 0 spiro atoms. The summed E-state index contributed by atoms with van der Waals surface area (Å²) < 4.78 is 55.5. The van der Waals surface area contributed by atoms with E-state index in [0.717, 1.165) is 6.07 Å². The van der Waals surface area contributed by atoms with Gasteiger partial charge in [-0.2, -0.15) is 23.4 Å². The lowest BCUT2D eigenvalue weighted by Crippen LogP contribution is -2.38. The maximum atomic E-state index is 14.6. The third-order valence-electron chi connectivity index (χ3n) is 5.59. The molecule has 0 fully saturated rings. The Bertz CT molecular complexity index is 1240. The van der Waals surface area contributed by atoms with Crippen molar-refractivity contribution in [2.24, 2.45) is 10.1 Å². The summed E-state index contributed by atoms with van der Waals surface area (Å²) in [4.78, 5) is 17.9. The van der Waals surface area contributed by atoms with Crippen LogP contribution in [0.15, 0.2) is 52.3 Å². The smallest absolute Gasteiger partial charge is 0.394 e. The lowest BCUT2D eigenvalue weighted by Gasteiger charge is -2.24. The van der Waals surface area contributed by atoms with Gasteiger partial charge in [-0.15, -0.1) is 0 Å². The number of hydrogen-bond donors (Lipinski definition) is 2. The van der Waals surface area contributed by atoms with E-state index in [0.29, 0.717) is 29.7 Å². The highest BCUT2D eigenvalue weighted by Crippen LogP contribution is 2.34. The molecule has 4 rings (SSSR count). The molecule has 1 amide bonds. The molecule has 1 aromatic heterocycles. The molecule has 2 aromatic rings. The second-order valence-corrected chi connectivity index (χ2v) is 8.97. The quantitative estimate of drug-likeness (QED) is 0.606. The maximum Gasteiger partial charge on any atom is 0.419 e. The van der Waals surface area contributed by atoms with E-state index < -0.39 is 35.0 Å². The van der Waals surface area contributed by atoms with E-state index in [1.54, 1.807) is 17.4 Å². The zero-order valence-electron chi connectivity index (χ0n) is 19.3. The standard InChI is InChI=1S/C23H24F4N6O2/c1-13(15-5-4-6-17(19(15)24)23(25,26)27)29-21(35)16-9-18(14-10-28-32(11-14)7-8-34)31-33-12-22(2,3)30-20(16)33/h4-6,9-11,13,34H,7-8,12H2,1-3H3,(H,29,35)/t13-/m1/s1. The molecule has 2 N–H and O–H groups in total. The molecular formula is C23H24F4N6O2. The van der Waals surface area contributed by atoms with Crippen molar-refractivity contribution in [2.45, 2.75) is 45.1 Å². The van der Waals surface area contributed by atoms with Crippen molar-refractivity contribution < 1.29 is 27.5 Å². The number of aliphatic hydroxyl groups is 1. The minimum Gasteiger partial charge on any atom is -0.394 e. The molecule has 0 radical (unpaired) electrons. The van der Waals surface area contributed by atoms with E-state index in [2.05, 4.69) is 20.5 Å². The number of allylic oxidation sites excluding steroid dienone is 1. The fourth-order valence-electron chi connectivity index (χ4n) is 3.95. The van der Waals surface area contributed by atoms with Gasteiger partial charge in [0, 0.05) is 17.3 Å². The first-order valence-corrected chi connectivity index (χ1v) is 10.9. The van der Waals surface area contributed by atoms with Crippen LogP contribution in [0.1, 0.15) is 43.5 Å². The first kappa shape index (κ1) is 24.6. The summed E-state index contributed by atoms with van der Waals surface area (Å²) in [5.41, 5.74) is -1.04. The van der Waals surface area contributed by atoms with Gasteiger partial charge in [0.15, 0.2) is 5.84 Å². The average molecular weight is 492 g/mol. The Kier molecular flexibility index (Phi) is 6.26. The minimum absolute atomic E-state index is 0.0990. The van der Waals surface area contributed by atoms with Gasteiger partial charge in [0.1, 0.15) is 5.82 Å². The van der Waals surface area contributed by atoms with Crippen molar-refractivity contribution in [3.05, 3.63) is 64.7 Å². The van der Waals surface area contributed by atoms with Crippen molar-refractivity contribution in [1.82, 2.24) is 20.1 Å². The number of amides is 1. The zero-order chi connectivity index (χ0) is 25.5. The number of aromatic nitrogens is 2. The molecule has 1 aromatic carbocycles. The number of alkyl halides is 3. The number of aliphatic hydroxyl groups excluding tert-OH is 1. The Morgan fingerprint density at radius 2 is 2.06 bits per heavy atom. The van der Waals surface area contributed by atoms with Crippen molar-refractivity contribution in [3.8, 4) is 0 Å². The molecular weight excluding hydrogens is 468 g/mol. The SMILES string of the molecule is C[C@@H](NC(=O)C1=CC(c2cnn(CCO)c2)=NN2CC(C)(C)N=C12)c1cccc(C(F)(F)F)c1F. The van der Waals surface area contributed by atoms with Gasteiger partial charge in [-0.05, 0) is 32.9 Å². The molecule has 2 aliphatic rings. The van der Waals surface area contributed by atoms with Crippen molar-refractivity contribution in [1.29, 1.82) is 0 Å². The topological polar surface area (TPSA) is 95.1 Å². The third-order valence-corrected chi connectivity index (χ3v) is 5.59. The molecule has 186 valence electrons. The van der Waals surface area contributed by atoms with Gasteiger partial charge in [-0.3, -0.25) is 14.5 Å². The summed E-state index contributed by atoms with van der Waals surface area (Å²) in [6.07, 6.45) is -0.122. The number of nitrogens with zero attached hydrogens (tertiary/aromatic N) is 5. The van der Waals surface area contributed by atoms with E-state index in [1.165, 1.54) is 23.7 Å². The van der Waals surface area contributed by atoms with E-state index in [9.17, 15) is 22.4 Å². The third kappa shape index (κ3) is 4.97. The van der Waals surface area contributed by atoms with Crippen LogP contribution in [0.4, 0.5) is 17.6 Å². The molecule has 35 heavy (non-hydrogen) atoms. The summed E-state index contributed by atoms with van der Waals surface area (Å²) in [5, 5.41) is 22.0. The van der Waals surface area contributed by atoms with Gasteiger partial charge >= 0.3 is 6.18 Å². The maximum absolute atomic E-state index is 14.6. The summed E-state index contributed by atoms with van der Waals surface area (Å²) >= 11 is 0. The number of hydrogen-bond acceptors (Lipinski definition) is 6. The van der Waals surface area contributed by atoms with Gasteiger partial charge in [0.05, 0.1) is 54.3 Å². The van der Waals surface area contributed by atoms with E-state index in [1.807, 2.05) is 13.8 Å². The van der Waals surface area contributed by atoms with Crippen molar-refractivity contribution in [3.63, 3.8) is 0 Å². The Hall–Kier alpha value is -3.54. The van der Waals surface area contributed by atoms with Gasteiger partial charge in [0.25, 0.3) is 5.91 Å². The summed E-state index contributed by atoms with van der Waals surface area (Å²) in [7, 11) is 0. The largest absolute Gasteiger partial charge is 0.419 e. The number of hydrazone groups is 1. The predicted molar refractivity (Wildman–Crippen MR) is 120 cm³/mol. The van der Waals surface area contributed by atoms with Gasteiger partial charge in [-0.25, -0.2) is 9.40 Å². The first-order chi connectivity index (χ1) is 16.4. The van der Waals surface area contributed by atoms with Crippen LogP contribution in [0, 0.1) is 5.82 Å². The number of halogens is 4. The molecule has 12 heteroatoms. The van der Waals surface area contributed by atoms with Gasteiger partial charge in [-0.1, -0.05) is 12.1 Å². The zero-order valence-corrected chi connectivity index (χ0v) is 19.3. The molecule has 0 aliphatic carbocycles. The lowest BCUT2D eigenvalue weighted by molar-refractivity contribution is -0.140. The number of amidine groups is 1. The van der Waals surface area contributed by atoms with E-state index in [-0.39, 0.29) is 24.3 Å². The molecule has 1 atom stereocenters. The normalized spacial score (nSPS) is 17.9. The number of fused-ring (bicyclic) bond motifs is 1. The highest BCUT2D eigenvalue weighted by atomic mass is 19.4. The number of carbonyl (C=O) groups excluding carboxylic acids is 1. The molecule has 2 aliphatic heterocycles. The fraction of sp³-hybridized carbons (Fsp3) is 0.391. The van der Waals surface area contributed by atoms with Crippen LogP contribution < -0.4 is 5.32 Å². The predicted octanol–water partition coefficient (Wildman–Crippen LogP) is 3.05. The lowest BCUT2D eigenvalue weighted by atomic mass is 10.0. The van der Waals surface area contributed by atoms with E-state index >= 15 is 0 Å². The molecule has 0 saturated heterocycles. The number of carbonyl (C=O) groups is 1. The van der Waals surface area contributed by atoms with Crippen LogP contribution in [0.3, 0.4) is 0 Å². The number of nitrogens with one attached hydrogen (secondary N) is 1. The number of aliphatic imine (C=N–C) groups is 1. The number of benzene rings is 1. The van der Waals surface area contributed by atoms with Crippen LogP contribution in [-0.2, 0) is 17.5 Å². The van der Waals surface area contributed by atoms with Gasteiger partial charge in [0.2, 0.25) is 0 Å². The van der Waals surface area contributed by atoms with Crippen LogP contribution in [0.2, 0.25) is 0 Å². The Balaban J connectivity index is 1.65. The summed E-state index contributed by atoms with van der Waals surface area (Å²) in [6.45, 7) is 5.75. The average Bonchev–Trinajstić information content (AvgIpc) is 3.34. The molecule has 0 bridgehead atoms. The minimum atomic E-state index is -4.85. The molecule has 0 unspecified atom stereocenters. The van der Waals surface area contributed by atoms with E-state index in [4.69, 9.17) is 5.11 Å². The summed E-state index contributed by atoms with van der Waals surface area (Å²) in [6, 6.07) is 1.91. The van der Waals surface area contributed by atoms with Crippen molar-refractivity contribution in [2.75, 3.05) is 13.2 Å². The first-order valence-electron chi connectivity index (χ1n) is 10.9. The Morgan fingerprint density at radius 3 is 2.74 bits per heavy atom. The highest BCUT2D eigenvalue weighted by molar-refractivity contribution is 6.28. The number of rotatable bonds is 6. The van der Waals surface area contributed by atoms with Gasteiger partial charge < -0.3 is 10.4 Å². The second kappa shape index (κ2) is 8.91. The Morgan fingerprint density at radius 1 is 1.31 bits per heavy atom. The van der Waals surface area contributed by atoms with Crippen LogP contribution in [0.25, 0.3) is 0 Å².